The lowest BCUT2D eigenvalue weighted by molar-refractivity contribution is 0.0473. The van der Waals surface area contributed by atoms with E-state index in [1.54, 1.807) is 7.05 Å². The molecule has 1 aromatic heterocycles. The molecule has 1 atom stereocenters. The van der Waals surface area contributed by atoms with Gasteiger partial charge in [-0.05, 0) is 53.2 Å². The van der Waals surface area contributed by atoms with Gasteiger partial charge in [-0.1, -0.05) is 6.07 Å². The molecule has 0 bridgehead atoms. The molecule has 1 saturated heterocycles. The molecule has 3 N–H and O–H groups in total. The Labute approximate surface area is 186 Å². The van der Waals surface area contributed by atoms with Gasteiger partial charge in [0.2, 0.25) is 0 Å². The molecule has 1 aromatic rings. The minimum Gasteiger partial charge on any atom is -0.444 e. The molecule has 0 radical (unpaired) electrons. The topological polar surface area (TPSA) is 100 Å². The van der Waals surface area contributed by atoms with Gasteiger partial charge >= 0.3 is 6.09 Å². The number of carbonyl (C=O) groups is 1. The number of carbonyl (C=O) groups excluding carboxylic acids is 1. The minimum atomic E-state index is -0.533. The van der Waals surface area contributed by atoms with Crippen molar-refractivity contribution >= 4 is 17.9 Å². The number of hydrogen-bond donors (Lipinski definition) is 3. The van der Waals surface area contributed by atoms with Crippen molar-refractivity contribution in [3.63, 3.8) is 0 Å². The molecule has 1 aliphatic heterocycles. The van der Waals surface area contributed by atoms with Gasteiger partial charge in [0, 0.05) is 39.4 Å². The van der Waals surface area contributed by atoms with Gasteiger partial charge in [-0.2, -0.15) is 0 Å². The average molecular weight is 435 g/mol. The fourth-order valence-electron chi connectivity index (χ4n) is 3.07. The largest absolute Gasteiger partial charge is 0.444 e. The predicted molar refractivity (Wildman–Crippen MR) is 124 cm³/mol. The maximum absolute atomic E-state index is 12.0. The van der Waals surface area contributed by atoms with E-state index in [2.05, 4.69) is 43.8 Å². The molecule has 9 heteroatoms. The summed E-state index contributed by atoms with van der Waals surface area (Å²) in [5, 5.41) is 9.40. The number of aromatic nitrogens is 1. The van der Waals surface area contributed by atoms with Crippen molar-refractivity contribution in [1.82, 2.24) is 20.9 Å². The quantitative estimate of drug-likeness (QED) is 0.466. The van der Waals surface area contributed by atoms with Gasteiger partial charge < -0.3 is 30.3 Å². The molecular weight excluding hydrogens is 396 g/mol. The second kappa shape index (κ2) is 10.7. The Morgan fingerprint density at radius 3 is 2.61 bits per heavy atom. The van der Waals surface area contributed by atoms with Gasteiger partial charge in [0.05, 0.1) is 18.2 Å². The number of alkyl carbamates (subject to hydrolysis) is 1. The Morgan fingerprint density at radius 2 is 2.03 bits per heavy atom. The van der Waals surface area contributed by atoms with Crippen LogP contribution in [0.25, 0.3) is 0 Å². The third-order valence-corrected chi connectivity index (χ3v) is 4.59. The van der Waals surface area contributed by atoms with Crippen LogP contribution in [0.4, 0.5) is 10.6 Å². The molecule has 0 aromatic carbocycles. The summed E-state index contributed by atoms with van der Waals surface area (Å²) in [7, 11) is 1.71. The van der Waals surface area contributed by atoms with E-state index >= 15 is 0 Å². The Balaban J connectivity index is 1.80. The normalized spacial score (nSPS) is 17.8. The summed E-state index contributed by atoms with van der Waals surface area (Å²) in [6.07, 6.45) is 1.66. The van der Waals surface area contributed by atoms with Crippen LogP contribution in [0.15, 0.2) is 23.3 Å². The number of nitrogens with one attached hydrogen (secondary N) is 3. The van der Waals surface area contributed by atoms with E-state index in [1.165, 1.54) is 0 Å². The van der Waals surface area contributed by atoms with Gasteiger partial charge in [0.25, 0.3) is 0 Å². The molecule has 0 spiro atoms. The minimum absolute atomic E-state index is 0.223. The zero-order valence-corrected chi connectivity index (χ0v) is 19.9. The molecule has 174 valence electrons. The van der Waals surface area contributed by atoms with Crippen molar-refractivity contribution in [2.45, 2.75) is 65.3 Å². The molecule has 2 heterocycles. The Bertz CT molecular complexity index is 743. The van der Waals surface area contributed by atoms with E-state index in [0.717, 1.165) is 31.1 Å². The highest BCUT2D eigenvalue weighted by atomic mass is 16.6. The second-order valence-electron chi connectivity index (χ2n) is 9.44. The maximum atomic E-state index is 12.0. The molecule has 0 aliphatic carbocycles. The maximum Gasteiger partial charge on any atom is 0.408 e. The van der Waals surface area contributed by atoms with Gasteiger partial charge in [-0.3, -0.25) is 4.99 Å². The fourth-order valence-corrected chi connectivity index (χ4v) is 3.07. The first-order valence-electron chi connectivity index (χ1n) is 10.7. The summed E-state index contributed by atoms with van der Waals surface area (Å²) in [5.41, 5.74) is 0.00640. The average Bonchev–Trinajstić information content (AvgIpc) is 2.66. The van der Waals surface area contributed by atoms with Crippen LogP contribution in [-0.4, -0.2) is 67.6 Å². The number of morpholine rings is 1. The van der Waals surface area contributed by atoms with Gasteiger partial charge in [-0.25, -0.2) is 9.78 Å². The zero-order valence-electron chi connectivity index (χ0n) is 19.9. The summed E-state index contributed by atoms with van der Waals surface area (Å²) in [6.45, 7) is 15.0. The van der Waals surface area contributed by atoms with Gasteiger partial charge in [0.1, 0.15) is 11.4 Å². The van der Waals surface area contributed by atoms with E-state index in [1.807, 2.05) is 46.9 Å². The number of nitrogens with zero attached hydrogens (tertiary/aromatic N) is 3. The van der Waals surface area contributed by atoms with E-state index < -0.39 is 17.2 Å². The second-order valence-corrected chi connectivity index (χ2v) is 9.44. The Kier molecular flexibility index (Phi) is 8.50. The third-order valence-electron chi connectivity index (χ3n) is 4.59. The number of amides is 1. The number of aliphatic imine (C=N–C) groups is 1. The fraction of sp³-hybridized carbons (Fsp3) is 0.682. The molecule has 9 nitrogen and oxygen atoms in total. The highest BCUT2D eigenvalue weighted by Gasteiger charge is 2.24. The first-order chi connectivity index (χ1) is 14.5. The summed E-state index contributed by atoms with van der Waals surface area (Å²) >= 11 is 0. The molecule has 1 unspecified atom stereocenters. The van der Waals surface area contributed by atoms with Gasteiger partial charge in [-0.15, -0.1) is 0 Å². The SMILES string of the molecule is CN=C(NCc1ccc(N2CCOC(C)C2)nc1)NCC(C)(C)NC(=O)OC(C)(C)C. The predicted octanol–water partition coefficient (Wildman–Crippen LogP) is 2.27. The number of guanidine groups is 1. The van der Waals surface area contributed by atoms with Crippen LogP contribution in [0.5, 0.6) is 0 Å². The molecule has 1 amide bonds. The number of rotatable bonds is 6. The van der Waals surface area contributed by atoms with Crippen LogP contribution in [0.3, 0.4) is 0 Å². The molecule has 31 heavy (non-hydrogen) atoms. The highest BCUT2D eigenvalue weighted by molar-refractivity contribution is 5.79. The lowest BCUT2D eigenvalue weighted by Crippen LogP contribution is -2.54. The van der Waals surface area contributed by atoms with Crippen molar-refractivity contribution in [2.24, 2.45) is 4.99 Å². The molecule has 0 saturated carbocycles. The van der Waals surface area contributed by atoms with Crippen LogP contribution in [0.1, 0.15) is 47.1 Å². The number of hydrogen-bond acceptors (Lipinski definition) is 6. The monoisotopic (exact) mass is 434 g/mol. The first kappa shape index (κ1) is 24.7. The molecule has 2 rings (SSSR count). The van der Waals surface area contributed by atoms with E-state index in [4.69, 9.17) is 9.47 Å². The highest BCUT2D eigenvalue weighted by Crippen LogP contribution is 2.15. The molecule has 1 aliphatic rings. The Morgan fingerprint density at radius 1 is 1.29 bits per heavy atom. The lowest BCUT2D eigenvalue weighted by Gasteiger charge is -2.32. The lowest BCUT2D eigenvalue weighted by atomic mass is 10.1. The third kappa shape index (κ3) is 9.00. The first-order valence-corrected chi connectivity index (χ1v) is 10.7. The standard InChI is InChI=1S/C22H38N6O3/c1-16-14-28(10-11-30-16)18-9-8-17(12-24-18)13-25-19(23-7)26-15-22(5,6)27-20(29)31-21(2,3)4/h8-9,12,16H,10-11,13-15H2,1-7H3,(H,27,29)(H2,23,25,26). The van der Waals surface area contributed by atoms with E-state index in [9.17, 15) is 4.79 Å². The summed E-state index contributed by atoms with van der Waals surface area (Å²) in [4.78, 5) is 23.1. The van der Waals surface area contributed by atoms with Crippen LogP contribution in [0, 0.1) is 0 Å². The van der Waals surface area contributed by atoms with Crippen molar-refractivity contribution in [3.05, 3.63) is 23.9 Å². The zero-order chi connectivity index (χ0) is 23.1. The molecular formula is C22H38N6O3. The summed E-state index contributed by atoms with van der Waals surface area (Å²) in [5.74, 6) is 1.61. The number of anilines is 1. The van der Waals surface area contributed by atoms with Crippen LogP contribution in [-0.2, 0) is 16.0 Å². The van der Waals surface area contributed by atoms with E-state index in [-0.39, 0.29) is 6.10 Å². The van der Waals surface area contributed by atoms with Crippen molar-refractivity contribution in [3.8, 4) is 0 Å². The van der Waals surface area contributed by atoms with Crippen LogP contribution < -0.4 is 20.9 Å². The van der Waals surface area contributed by atoms with Crippen molar-refractivity contribution in [1.29, 1.82) is 0 Å². The summed E-state index contributed by atoms with van der Waals surface area (Å²) < 4.78 is 10.9. The smallest absolute Gasteiger partial charge is 0.408 e. The van der Waals surface area contributed by atoms with Crippen molar-refractivity contribution < 1.29 is 14.3 Å². The van der Waals surface area contributed by atoms with Gasteiger partial charge in [0.15, 0.2) is 5.96 Å². The van der Waals surface area contributed by atoms with E-state index in [0.29, 0.717) is 19.0 Å². The van der Waals surface area contributed by atoms with Crippen LogP contribution in [0.2, 0.25) is 0 Å². The summed E-state index contributed by atoms with van der Waals surface area (Å²) in [6, 6.07) is 4.11. The van der Waals surface area contributed by atoms with Crippen molar-refractivity contribution in [2.75, 3.05) is 38.2 Å². The molecule has 1 fully saturated rings. The number of pyridine rings is 1. The Hall–Kier alpha value is -2.55. The number of ether oxygens (including phenoxy) is 2. The van der Waals surface area contributed by atoms with Crippen LogP contribution >= 0.6 is 0 Å².